The number of rotatable bonds is 9. The van der Waals surface area contributed by atoms with Crippen LogP contribution in [0, 0.1) is 0 Å². The normalized spacial score (nSPS) is 21.1. The fourth-order valence-electron chi connectivity index (χ4n) is 3.23. The van der Waals surface area contributed by atoms with E-state index < -0.39 is 0 Å². The van der Waals surface area contributed by atoms with Gasteiger partial charge in [-0.25, -0.2) is 0 Å². The maximum Gasteiger partial charge on any atom is 0.160 e. The Balaban J connectivity index is 1.83. The number of hydrogen-bond donors (Lipinski definition) is 1. The molecule has 134 valence electrons. The van der Waals surface area contributed by atoms with E-state index in [0.717, 1.165) is 37.5 Å². The number of nitrogens with one attached hydrogen (secondary N) is 1. The molecule has 2 rings (SSSR count). The summed E-state index contributed by atoms with van der Waals surface area (Å²) >= 11 is 0. The predicted octanol–water partition coefficient (Wildman–Crippen LogP) is 3.74. The maximum atomic E-state index is 6.20. The highest BCUT2D eigenvalue weighted by Crippen LogP contribution is 2.28. The van der Waals surface area contributed by atoms with Gasteiger partial charge in [0.1, 0.15) is 0 Å². The van der Waals surface area contributed by atoms with Crippen molar-refractivity contribution in [1.82, 2.24) is 5.32 Å². The van der Waals surface area contributed by atoms with Gasteiger partial charge in [-0.1, -0.05) is 31.1 Å². The van der Waals surface area contributed by atoms with E-state index in [9.17, 15) is 0 Å². The summed E-state index contributed by atoms with van der Waals surface area (Å²) in [4.78, 5) is 0. The molecule has 0 heterocycles. The second-order valence-corrected chi connectivity index (χ2v) is 6.22. The summed E-state index contributed by atoms with van der Waals surface area (Å²) in [7, 11) is 3.33. The van der Waals surface area contributed by atoms with E-state index in [1.807, 2.05) is 12.1 Å². The van der Waals surface area contributed by atoms with Gasteiger partial charge in [-0.2, -0.15) is 0 Å². The Labute approximate surface area is 146 Å². The fourth-order valence-corrected chi connectivity index (χ4v) is 3.23. The first kappa shape index (κ1) is 18.8. The van der Waals surface area contributed by atoms with Crippen molar-refractivity contribution in [1.29, 1.82) is 0 Å². The third-order valence-electron chi connectivity index (χ3n) is 4.61. The van der Waals surface area contributed by atoms with Crippen molar-refractivity contribution >= 4 is 0 Å². The summed E-state index contributed by atoms with van der Waals surface area (Å²) < 4.78 is 16.8. The number of methoxy groups -OCH3 is 2. The van der Waals surface area contributed by atoms with E-state index in [4.69, 9.17) is 14.2 Å². The summed E-state index contributed by atoms with van der Waals surface area (Å²) in [6.07, 6.45) is 10.4. The van der Waals surface area contributed by atoms with Crippen LogP contribution in [0.5, 0.6) is 11.5 Å². The summed E-state index contributed by atoms with van der Waals surface area (Å²) in [5.74, 6) is 1.54. The second-order valence-electron chi connectivity index (χ2n) is 6.22. The Morgan fingerprint density at radius 2 is 1.92 bits per heavy atom. The molecule has 0 bridgehead atoms. The van der Waals surface area contributed by atoms with Gasteiger partial charge in [0.05, 0.1) is 26.9 Å². The Bertz CT molecular complexity index is 516. The average molecular weight is 333 g/mol. The third-order valence-corrected chi connectivity index (χ3v) is 4.61. The Morgan fingerprint density at radius 3 is 2.67 bits per heavy atom. The maximum absolute atomic E-state index is 6.20. The molecule has 1 aliphatic rings. The van der Waals surface area contributed by atoms with Crippen LogP contribution in [-0.4, -0.2) is 39.5 Å². The summed E-state index contributed by atoms with van der Waals surface area (Å²) in [6, 6.07) is 6.54. The minimum absolute atomic E-state index is 0.323. The number of ether oxygens (including phenoxy) is 3. The van der Waals surface area contributed by atoms with Gasteiger partial charge in [0.2, 0.25) is 0 Å². The third kappa shape index (κ3) is 5.53. The second kappa shape index (κ2) is 10.4. The molecular weight excluding hydrogens is 302 g/mol. The number of allylic oxidation sites excluding steroid dienone is 1. The van der Waals surface area contributed by atoms with Crippen LogP contribution in [0.15, 0.2) is 30.4 Å². The lowest BCUT2D eigenvalue weighted by Crippen LogP contribution is -2.43. The van der Waals surface area contributed by atoms with Crippen LogP contribution in [0.25, 0.3) is 0 Å². The van der Waals surface area contributed by atoms with Crippen LogP contribution in [0.4, 0.5) is 0 Å². The van der Waals surface area contributed by atoms with E-state index in [-0.39, 0.29) is 0 Å². The van der Waals surface area contributed by atoms with E-state index >= 15 is 0 Å². The van der Waals surface area contributed by atoms with E-state index in [0.29, 0.717) is 12.1 Å². The van der Waals surface area contributed by atoms with Gasteiger partial charge in [-0.15, -0.1) is 0 Å². The lowest BCUT2D eigenvalue weighted by Gasteiger charge is -2.32. The molecule has 1 aromatic carbocycles. The molecule has 4 heteroatoms. The van der Waals surface area contributed by atoms with Gasteiger partial charge in [0.25, 0.3) is 0 Å². The van der Waals surface area contributed by atoms with Gasteiger partial charge in [0.15, 0.2) is 11.5 Å². The first-order valence-electron chi connectivity index (χ1n) is 8.95. The van der Waals surface area contributed by atoms with E-state index in [1.54, 1.807) is 14.2 Å². The molecule has 0 aliphatic heterocycles. The molecule has 0 saturated heterocycles. The Kier molecular flexibility index (Phi) is 8.13. The van der Waals surface area contributed by atoms with Crippen molar-refractivity contribution in [3.63, 3.8) is 0 Å². The van der Waals surface area contributed by atoms with Crippen LogP contribution in [0.2, 0.25) is 0 Å². The molecule has 24 heavy (non-hydrogen) atoms. The lowest BCUT2D eigenvalue weighted by molar-refractivity contribution is 0.00767. The van der Waals surface area contributed by atoms with Crippen molar-refractivity contribution < 1.29 is 14.2 Å². The minimum Gasteiger partial charge on any atom is -0.493 e. The summed E-state index contributed by atoms with van der Waals surface area (Å²) in [5.41, 5.74) is 1.21. The van der Waals surface area contributed by atoms with Gasteiger partial charge < -0.3 is 19.5 Å². The molecule has 1 unspecified atom stereocenters. The van der Waals surface area contributed by atoms with Crippen LogP contribution in [-0.2, 0) is 11.2 Å². The molecule has 1 saturated carbocycles. The zero-order chi connectivity index (χ0) is 17.2. The number of hydrogen-bond acceptors (Lipinski definition) is 4. The van der Waals surface area contributed by atoms with E-state index in [2.05, 4.69) is 30.5 Å². The number of benzene rings is 1. The first-order valence-corrected chi connectivity index (χ1v) is 8.95. The molecule has 1 fully saturated rings. The molecule has 0 radical (unpaired) electrons. The van der Waals surface area contributed by atoms with Crippen LogP contribution in [0.1, 0.15) is 38.2 Å². The van der Waals surface area contributed by atoms with Gasteiger partial charge in [0, 0.05) is 12.6 Å². The minimum atomic E-state index is 0.323. The smallest absolute Gasteiger partial charge is 0.160 e. The monoisotopic (exact) mass is 333 g/mol. The van der Waals surface area contributed by atoms with E-state index in [1.165, 1.54) is 24.8 Å². The first-order chi connectivity index (χ1) is 11.8. The van der Waals surface area contributed by atoms with Crippen LogP contribution >= 0.6 is 0 Å². The van der Waals surface area contributed by atoms with Crippen LogP contribution < -0.4 is 14.8 Å². The van der Waals surface area contributed by atoms with Crippen molar-refractivity contribution in [3.05, 3.63) is 35.9 Å². The predicted molar refractivity (Wildman–Crippen MR) is 98.1 cm³/mol. The zero-order valence-corrected chi connectivity index (χ0v) is 15.2. The molecule has 0 amide bonds. The molecule has 2 atom stereocenters. The molecule has 0 spiro atoms. The highest BCUT2D eigenvalue weighted by atomic mass is 16.5. The van der Waals surface area contributed by atoms with Crippen molar-refractivity contribution in [2.24, 2.45) is 0 Å². The average Bonchev–Trinajstić information content (AvgIpc) is 2.63. The van der Waals surface area contributed by atoms with Crippen molar-refractivity contribution in [3.8, 4) is 11.5 Å². The Morgan fingerprint density at radius 1 is 1.12 bits per heavy atom. The zero-order valence-electron chi connectivity index (χ0n) is 15.2. The molecule has 0 aromatic heterocycles. The van der Waals surface area contributed by atoms with Crippen molar-refractivity contribution in [2.75, 3.05) is 27.4 Å². The summed E-state index contributed by atoms with van der Waals surface area (Å²) in [5, 5.41) is 3.61. The Hall–Kier alpha value is -1.52. The molecule has 1 aromatic rings. The standard InChI is InChI=1S/C20H31NO3/c1-4-5-13-21-17-8-6-7-9-18(17)24-14-12-16-10-11-19(22-2)20(15-16)23-3/h4-5,10-11,15,17-18,21H,6-9,12-14H2,1-3H3/b5-4-/t17-,18?/m1/s1. The highest BCUT2D eigenvalue weighted by molar-refractivity contribution is 5.42. The summed E-state index contributed by atoms with van der Waals surface area (Å²) in [6.45, 7) is 3.72. The fraction of sp³-hybridized carbons (Fsp3) is 0.600. The molecule has 4 nitrogen and oxygen atoms in total. The molecule has 1 aliphatic carbocycles. The van der Waals surface area contributed by atoms with Gasteiger partial charge in [-0.3, -0.25) is 0 Å². The van der Waals surface area contributed by atoms with Gasteiger partial charge >= 0.3 is 0 Å². The lowest BCUT2D eigenvalue weighted by atomic mass is 9.92. The SMILES string of the molecule is C/C=C\CN[C@@H]1CCCCC1OCCc1ccc(OC)c(OC)c1. The largest absolute Gasteiger partial charge is 0.493 e. The van der Waals surface area contributed by atoms with Crippen LogP contribution in [0.3, 0.4) is 0 Å². The molecule has 1 N–H and O–H groups in total. The van der Waals surface area contributed by atoms with Gasteiger partial charge in [-0.05, 0) is 43.9 Å². The van der Waals surface area contributed by atoms with Crippen molar-refractivity contribution in [2.45, 2.75) is 51.2 Å². The quantitative estimate of drug-likeness (QED) is 0.699. The topological polar surface area (TPSA) is 39.7 Å². The highest BCUT2D eigenvalue weighted by Gasteiger charge is 2.24. The molecular formula is C20H31NO3.